The Bertz CT molecular complexity index is 703. The first-order valence-corrected chi connectivity index (χ1v) is 6.01. The molecule has 0 unspecified atom stereocenters. The van der Waals surface area contributed by atoms with Crippen molar-refractivity contribution >= 4 is 29.0 Å². The summed E-state index contributed by atoms with van der Waals surface area (Å²) < 4.78 is 18.8. The monoisotopic (exact) mass is 312 g/mol. The Balaban J connectivity index is 2.35. The highest BCUT2D eigenvalue weighted by molar-refractivity contribution is 6.36. The lowest BCUT2D eigenvalue weighted by molar-refractivity contribution is 0.459. The normalized spacial score (nSPS) is 9.95. The maximum atomic E-state index is 13.5. The molecule has 2 rings (SSSR count). The molecule has 0 aliphatic rings. The molecule has 0 bridgehead atoms. The highest BCUT2D eigenvalue weighted by Crippen LogP contribution is 2.33. The third-order valence-corrected chi connectivity index (χ3v) is 2.87. The van der Waals surface area contributed by atoms with E-state index in [1.807, 2.05) is 0 Å². The van der Waals surface area contributed by atoms with E-state index in [9.17, 15) is 4.39 Å². The van der Waals surface area contributed by atoms with Crippen LogP contribution < -0.4 is 16.0 Å². The van der Waals surface area contributed by atoms with Crippen molar-refractivity contribution in [3.8, 4) is 17.7 Å². The summed E-state index contributed by atoms with van der Waals surface area (Å²) in [5.74, 6) is 4.85. The Labute approximate surface area is 123 Å². The topological polar surface area (TPSA) is 84.0 Å². The van der Waals surface area contributed by atoms with E-state index < -0.39 is 5.82 Å². The highest BCUT2D eigenvalue weighted by Gasteiger charge is 2.12. The summed E-state index contributed by atoms with van der Waals surface area (Å²) in [5.41, 5.74) is 2.19. The minimum atomic E-state index is -0.702. The second kappa shape index (κ2) is 5.92. The van der Waals surface area contributed by atoms with Crippen molar-refractivity contribution in [2.45, 2.75) is 0 Å². The van der Waals surface area contributed by atoms with E-state index in [1.54, 1.807) is 6.07 Å². The van der Waals surface area contributed by atoms with Gasteiger partial charge in [0.25, 0.3) is 0 Å². The van der Waals surface area contributed by atoms with Crippen LogP contribution in [-0.2, 0) is 0 Å². The van der Waals surface area contributed by atoms with Gasteiger partial charge < -0.3 is 10.2 Å². The molecule has 0 radical (unpaired) electrons. The molecule has 102 valence electrons. The van der Waals surface area contributed by atoms with E-state index in [1.165, 1.54) is 18.2 Å². The van der Waals surface area contributed by atoms with Gasteiger partial charge in [-0.3, -0.25) is 0 Å². The zero-order valence-electron chi connectivity index (χ0n) is 9.82. The first kappa shape index (κ1) is 14.3. The zero-order valence-corrected chi connectivity index (χ0v) is 11.3. The van der Waals surface area contributed by atoms with Gasteiger partial charge in [0, 0.05) is 6.07 Å². The van der Waals surface area contributed by atoms with Crippen molar-refractivity contribution < 1.29 is 9.13 Å². The average molecular weight is 313 g/mol. The Kier molecular flexibility index (Phi) is 4.25. The lowest BCUT2D eigenvalue weighted by Gasteiger charge is -2.10. The summed E-state index contributed by atoms with van der Waals surface area (Å²) in [7, 11) is 0. The Morgan fingerprint density at radius 3 is 2.65 bits per heavy atom. The van der Waals surface area contributed by atoms with Gasteiger partial charge in [-0.1, -0.05) is 23.2 Å². The van der Waals surface area contributed by atoms with Crippen LogP contribution in [0.5, 0.6) is 11.6 Å². The Hall–Kier alpha value is -2.07. The number of hydrogen-bond donors (Lipinski definition) is 2. The predicted molar refractivity (Wildman–Crippen MR) is 73.3 cm³/mol. The molecule has 0 aliphatic heterocycles. The van der Waals surface area contributed by atoms with Gasteiger partial charge >= 0.3 is 0 Å². The molecule has 0 atom stereocenters. The summed E-state index contributed by atoms with van der Waals surface area (Å²) in [6.07, 6.45) is 0. The van der Waals surface area contributed by atoms with Gasteiger partial charge in [-0.25, -0.2) is 10.2 Å². The van der Waals surface area contributed by atoms with Gasteiger partial charge in [0.1, 0.15) is 22.7 Å². The molecule has 3 N–H and O–H groups in total. The number of hydrogen-bond acceptors (Lipinski definition) is 5. The van der Waals surface area contributed by atoms with Crippen LogP contribution in [0.1, 0.15) is 5.56 Å². The van der Waals surface area contributed by atoms with Crippen LogP contribution in [0.15, 0.2) is 24.3 Å². The number of anilines is 1. The Morgan fingerprint density at radius 2 is 2.05 bits per heavy atom. The van der Waals surface area contributed by atoms with Crippen molar-refractivity contribution in [2.75, 3.05) is 5.43 Å². The number of nitriles is 1. The maximum absolute atomic E-state index is 13.5. The van der Waals surface area contributed by atoms with Gasteiger partial charge in [0.2, 0.25) is 5.88 Å². The summed E-state index contributed by atoms with van der Waals surface area (Å²) in [6, 6.07) is 6.86. The van der Waals surface area contributed by atoms with Gasteiger partial charge in [-0.15, -0.1) is 0 Å². The smallest absolute Gasteiger partial charge is 0.240 e. The fourth-order valence-electron chi connectivity index (χ4n) is 1.38. The number of pyridine rings is 1. The minimum absolute atomic E-state index is 0.00752. The molecule has 1 aromatic heterocycles. The third kappa shape index (κ3) is 2.91. The summed E-state index contributed by atoms with van der Waals surface area (Å²) >= 11 is 11.7. The molecule has 2 aromatic rings. The number of hydrazine groups is 1. The number of nitrogens with one attached hydrogen (secondary N) is 1. The number of nitrogen functional groups attached to an aromatic ring is 1. The number of rotatable bonds is 3. The van der Waals surface area contributed by atoms with Gasteiger partial charge in [0.05, 0.1) is 10.6 Å². The molecule has 5 nitrogen and oxygen atoms in total. The van der Waals surface area contributed by atoms with E-state index in [0.717, 1.165) is 6.07 Å². The van der Waals surface area contributed by atoms with Crippen molar-refractivity contribution in [3.05, 3.63) is 45.7 Å². The van der Waals surface area contributed by atoms with E-state index >= 15 is 0 Å². The van der Waals surface area contributed by atoms with E-state index in [2.05, 4.69) is 10.4 Å². The molecule has 0 saturated carbocycles. The lowest BCUT2D eigenvalue weighted by Crippen LogP contribution is -2.09. The largest absolute Gasteiger partial charge is 0.437 e. The molecular weight excluding hydrogens is 306 g/mol. The fourth-order valence-corrected chi connectivity index (χ4v) is 1.84. The number of aromatic nitrogens is 1. The predicted octanol–water partition coefficient (Wildman–Crippen LogP) is 3.48. The van der Waals surface area contributed by atoms with Crippen molar-refractivity contribution in [1.82, 2.24) is 4.98 Å². The van der Waals surface area contributed by atoms with Crippen LogP contribution in [0, 0.1) is 17.1 Å². The van der Waals surface area contributed by atoms with Gasteiger partial charge in [-0.05, 0) is 18.2 Å². The molecule has 0 saturated heterocycles. The summed E-state index contributed by atoms with van der Waals surface area (Å²) in [5, 5.41) is 9.00. The van der Waals surface area contributed by atoms with Crippen molar-refractivity contribution in [1.29, 1.82) is 5.26 Å². The molecule has 0 spiro atoms. The molecule has 8 heteroatoms. The highest BCUT2D eigenvalue weighted by atomic mass is 35.5. The van der Waals surface area contributed by atoms with Crippen LogP contribution in [-0.4, -0.2) is 4.98 Å². The standard InChI is InChI=1S/C12H7Cl2FN4O/c13-8-4-9(14)12(18-11(8)19-17)20-7-2-1-6(5-16)10(15)3-7/h1-4H,17H2,(H,18,19). The fraction of sp³-hybridized carbons (Fsp3) is 0. The van der Waals surface area contributed by atoms with Crippen molar-refractivity contribution in [3.63, 3.8) is 0 Å². The van der Waals surface area contributed by atoms with Gasteiger partial charge in [-0.2, -0.15) is 10.2 Å². The molecule has 0 aliphatic carbocycles. The minimum Gasteiger partial charge on any atom is -0.437 e. The zero-order chi connectivity index (χ0) is 14.7. The van der Waals surface area contributed by atoms with E-state index in [4.69, 9.17) is 39.0 Å². The van der Waals surface area contributed by atoms with E-state index in [0.29, 0.717) is 0 Å². The molecule has 20 heavy (non-hydrogen) atoms. The lowest BCUT2D eigenvalue weighted by atomic mass is 10.2. The molecule has 0 fully saturated rings. The first-order chi connectivity index (χ1) is 9.55. The number of ether oxygens (including phenoxy) is 1. The summed E-state index contributed by atoms with van der Waals surface area (Å²) in [6.45, 7) is 0. The van der Waals surface area contributed by atoms with E-state index in [-0.39, 0.29) is 33.1 Å². The van der Waals surface area contributed by atoms with Crippen LogP contribution in [0.4, 0.5) is 10.2 Å². The van der Waals surface area contributed by atoms with Crippen LogP contribution in [0.25, 0.3) is 0 Å². The first-order valence-electron chi connectivity index (χ1n) is 5.25. The van der Waals surface area contributed by atoms with Gasteiger partial charge in [0.15, 0.2) is 5.82 Å². The maximum Gasteiger partial charge on any atom is 0.240 e. The second-order valence-electron chi connectivity index (χ2n) is 3.61. The van der Waals surface area contributed by atoms with Crippen LogP contribution in [0.2, 0.25) is 10.0 Å². The second-order valence-corrected chi connectivity index (χ2v) is 4.42. The molecule has 0 amide bonds. The quantitative estimate of drug-likeness (QED) is 0.669. The molecule has 1 heterocycles. The summed E-state index contributed by atoms with van der Waals surface area (Å²) in [4.78, 5) is 3.95. The van der Waals surface area contributed by atoms with Crippen LogP contribution >= 0.6 is 23.2 Å². The molecular formula is C12H7Cl2FN4O. The molecule has 1 aromatic carbocycles. The number of benzene rings is 1. The van der Waals surface area contributed by atoms with Crippen LogP contribution in [0.3, 0.4) is 0 Å². The third-order valence-electron chi connectivity index (χ3n) is 2.31. The average Bonchev–Trinajstić information content (AvgIpc) is 2.42. The number of nitrogens with two attached hydrogens (primary N) is 1. The SMILES string of the molecule is N#Cc1ccc(Oc2nc(NN)c(Cl)cc2Cl)cc1F. The number of nitrogens with zero attached hydrogens (tertiary/aromatic N) is 2. The number of halogens is 3. The van der Waals surface area contributed by atoms with Crippen molar-refractivity contribution in [2.24, 2.45) is 5.84 Å². The Morgan fingerprint density at radius 1 is 1.30 bits per heavy atom.